The van der Waals surface area contributed by atoms with Crippen molar-refractivity contribution in [3.63, 3.8) is 0 Å². The van der Waals surface area contributed by atoms with Crippen molar-refractivity contribution in [1.82, 2.24) is 0 Å². The van der Waals surface area contributed by atoms with Crippen LogP contribution in [0.4, 0.5) is 0 Å². The number of aliphatic hydroxyl groups is 4. The van der Waals surface area contributed by atoms with Crippen LogP contribution < -0.4 is 9.47 Å². The molecule has 8 nitrogen and oxygen atoms in total. The maximum Gasteiger partial charge on any atom is 0.298 e. The van der Waals surface area contributed by atoms with Gasteiger partial charge in [0, 0.05) is 5.56 Å². The molecule has 1 saturated heterocycles. The molecule has 27 heavy (non-hydrogen) atoms. The molecule has 5 atom stereocenters. The number of aliphatic hydroxyl groups excluding tert-OH is 4. The van der Waals surface area contributed by atoms with Crippen molar-refractivity contribution in [1.29, 1.82) is 0 Å². The van der Waals surface area contributed by atoms with E-state index in [1.165, 1.54) is 0 Å². The van der Waals surface area contributed by atoms with E-state index in [2.05, 4.69) is 0 Å². The Bertz CT molecular complexity index is 778. The Balaban J connectivity index is 1.88. The highest BCUT2D eigenvalue weighted by molar-refractivity contribution is 5.71. The molecule has 3 rings (SSSR count). The number of hydrogen-bond donors (Lipinski definition) is 4. The summed E-state index contributed by atoms with van der Waals surface area (Å²) in [4.78, 5) is 10.5. The molecule has 1 aliphatic heterocycles. The van der Waals surface area contributed by atoms with Crippen LogP contribution in [0.5, 0.6) is 11.5 Å². The maximum absolute atomic E-state index is 10.5. The van der Waals surface area contributed by atoms with Gasteiger partial charge in [-0.2, -0.15) is 0 Å². The van der Waals surface area contributed by atoms with Crippen molar-refractivity contribution in [3.05, 3.63) is 48.5 Å². The van der Waals surface area contributed by atoms with Crippen molar-refractivity contribution in [2.75, 3.05) is 6.61 Å². The van der Waals surface area contributed by atoms with Crippen LogP contribution in [0.25, 0.3) is 11.1 Å². The number of ether oxygens (including phenoxy) is 3. The van der Waals surface area contributed by atoms with Crippen molar-refractivity contribution in [2.45, 2.75) is 30.7 Å². The molecule has 1 heterocycles. The molecule has 144 valence electrons. The number of carbonyl (C=O) groups is 1. The lowest BCUT2D eigenvalue weighted by molar-refractivity contribution is -0.277. The third-order valence-electron chi connectivity index (χ3n) is 4.31. The molecule has 0 amide bonds. The van der Waals surface area contributed by atoms with Gasteiger partial charge < -0.3 is 34.6 Å². The van der Waals surface area contributed by atoms with Gasteiger partial charge >= 0.3 is 0 Å². The molecule has 2 aromatic carbocycles. The van der Waals surface area contributed by atoms with E-state index in [1.54, 1.807) is 48.5 Å². The molecule has 1 fully saturated rings. The second kappa shape index (κ2) is 8.47. The summed E-state index contributed by atoms with van der Waals surface area (Å²) in [6, 6.07) is 13.7. The fraction of sp³-hybridized carbons (Fsp3) is 0.316. The fourth-order valence-corrected chi connectivity index (χ4v) is 2.89. The van der Waals surface area contributed by atoms with Crippen molar-refractivity contribution < 1.29 is 39.4 Å². The molecule has 5 unspecified atom stereocenters. The van der Waals surface area contributed by atoms with E-state index in [1.807, 2.05) is 0 Å². The lowest BCUT2D eigenvalue weighted by Crippen LogP contribution is -2.60. The first-order chi connectivity index (χ1) is 13.0. The number of carbonyl (C=O) groups excluding carboxylic acids is 1. The average molecular weight is 376 g/mol. The monoisotopic (exact) mass is 376 g/mol. The van der Waals surface area contributed by atoms with Crippen LogP contribution in [0.3, 0.4) is 0 Å². The van der Waals surface area contributed by atoms with Crippen LogP contribution in [-0.4, -0.2) is 64.2 Å². The Kier molecular flexibility index (Phi) is 6.04. The zero-order chi connectivity index (χ0) is 19.4. The number of hydrogen-bond acceptors (Lipinski definition) is 8. The number of rotatable bonds is 6. The third-order valence-corrected chi connectivity index (χ3v) is 4.31. The van der Waals surface area contributed by atoms with E-state index in [0.29, 0.717) is 29.1 Å². The molecule has 8 heteroatoms. The van der Waals surface area contributed by atoms with Gasteiger partial charge in [-0.05, 0) is 23.8 Å². The molecule has 4 N–H and O–H groups in total. The summed E-state index contributed by atoms with van der Waals surface area (Å²) >= 11 is 0. The lowest BCUT2D eigenvalue weighted by Gasteiger charge is -2.39. The molecule has 0 saturated carbocycles. The fourth-order valence-electron chi connectivity index (χ4n) is 2.89. The van der Waals surface area contributed by atoms with Crippen LogP contribution in [0.15, 0.2) is 48.5 Å². The molecule has 0 spiro atoms. The van der Waals surface area contributed by atoms with Gasteiger partial charge in [-0.15, -0.1) is 0 Å². The van der Waals surface area contributed by atoms with Gasteiger partial charge in [0.1, 0.15) is 35.9 Å². The Morgan fingerprint density at radius 3 is 2.52 bits per heavy atom. The standard InChI is InChI=1S/C19H20O8/c20-9-15-16(22)17(23)18(24)19(27-15)26-14-7-2-1-6-13(14)11-4-3-5-12(8-11)25-10-21/h1-8,10,15-20,22-24H,9H2. The summed E-state index contributed by atoms with van der Waals surface area (Å²) in [6.07, 6.45) is -6.86. The van der Waals surface area contributed by atoms with Gasteiger partial charge in [-0.3, -0.25) is 4.79 Å². The lowest BCUT2D eigenvalue weighted by atomic mass is 9.99. The minimum atomic E-state index is -1.53. The number of benzene rings is 2. The Morgan fingerprint density at radius 1 is 1.00 bits per heavy atom. The molecule has 2 aromatic rings. The normalized spacial score (nSPS) is 27.8. The molecule has 0 bridgehead atoms. The van der Waals surface area contributed by atoms with E-state index in [9.17, 15) is 25.2 Å². The molecular formula is C19H20O8. The number of para-hydroxylation sites is 1. The highest BCUT2D eigenvalue weighted by Gasteiger charge is 2.44. The van der Waals surface area contributed by atoms with Gasteiger partial charge in [-0.1, -0.05) is 30.3 Å². The Hall–Kier alpha value is -2.49. The maximum atomic E-state index is 10.5. The van der Waals surface area contributed by atoms with Crippen LogP contribution in [0, 0.1) is 0 Å². The third kappa shape index (κ3) is 4.10. The first kappa shape index (κ1) is 19.3. The second-order valence-electron chi connectivity index (χ2n) is 6.05. The van der Waals surface area contributed by atoms with Crippen LogP contribution in [0.2, 0.25) is 0 Å². The largest absolute Gasteiger partial charge is 0.461 e. The molecule has 0 radical (unpaired) electrons. The van der Waals surface area contributed by atoms with Gasteiger partial charge in [0.2, 0.25) is 6.29 Å². The summed E-state index contributed by atoms with van der Waals surface area (Å²) in [5.41, 5.74) is 1.32. The highest BCUT2D eigenvalue weighted by atomic mass is 16.7. The average Bonchev–Trinajstić information content (AvgIpc) is 2.69. The van der Waals surface area contributed by atoms with Crippen molar-refractivity contribution >= 4 is 6.47 Å². The van der Waals surface area contributed by atoms with E-state index in [4.69, 9.17) is 14.2 Å². The van der Waals surface area contributed by atoms with Crippen molar-refractivity contribution in [2.24, 2.45) is 0 Å². The summed E-state index contributed by atoms with van der Waals surface area (Å²) < 4.78 is 16.0. The first-order valence-electron chi connectivity index (χ1n) is 8.32. The SMILES string of the molecule is O=COc1cccc(-c2ccccc2OC2OC(CO)C(O)C(O)C2O)c1. The summed E-state index contributed by atoms with van der Waals surface area (Å²) in [6.45, 7) is -0.215. The Morgan fingerprint density at radius 2 is 1.78 bits per heavy atom. The van der Waals surface area contributed by atoms with Crippen molar-refractivity contribution in [3.8, 4) is 22.6 Å². The summed E-state index contributed by atoms with van der Waals surface area (Å²) in [5.74, 6) is 0.690. The quantitative estimate of drug-likeness (QED) is 0.522. The van der Waals surface area contributed by atoms with E-state index in [0.717, 1.165) is 0 Å². The molecule has 1 aliphatic rings. The smallest absolute Gasteiger partial charge is 0.298 e. The molecule has 0 aromatic heterocycles. The van der Waals surface area contributed by atoms with Crippen LogP contribution in [0.1, 0.15) is 0 Å². The second-order valence-corrected chi connectivity index (χ2v) is 6.05. The summed E-state index contributed by atoms with van der Waals surface area (Å²) in [5, 5.41) is 39.2. The van der Waals surface area contributed by atoms with Gasteiger partial charge in [0.05, 0.1) is 6.61 Å². The highest BCUT2D eigenvalue weighted by Crippen LogP contribution is 2.34. The van der Waals surface area contributed by atoms with E-state index in [-0.39, 0.29) is 0 Å². The zero-order valence-corrected chi connectivity index (χ0v) is 14.2. The van der Waals surface area contributed by atoms with Gasteiger partial charge in [0.25, 0.3) is 6.47 Å². The predicted octanol–water partition coefficient (Wildman–Crippen LogP) is 0.0675. The minimum Gasteiger partial charge on any atom is -0.461 e. The summed E-state index contributed by atoms with van der Waals surface area (Å²) in [7, 11) is 0. The minimum absolute atomic E-state index is 0.329. The molecular weight excluding hydrogens is 356 g/mol. The van der Waals surface area contributed by atoms with Gasteiger partial charge in [-0.25, -0.2) is 0 Å². The molecule has 0 aliphatic carbocycles. The van der Waals surface area contributed by atoms with E-state index >= 15 is 0 Å². The predicted molar refractivity (Wildman–Crippen MR) is 93.0 cm³/mol. The van der Waals surface area contributed by atoms with Crippen LogP contribution >= 0.6 is 0 Å². The topological polar surface area (TPSA) is 126 Å². The van der Waals surface area contributed by atoms with Crippen LogP contribution in [-0.2, 0) is 9.53 Å². The van der Waals surface area contributed by atoms with E-state index < -0.39 is 37.3 Å². The zero-order valence-electron chi connectivity index (χ0n) is 14.2. The van der Waals surface area contributed by atoms with Gasteiger partial charge in [0.15, 0.2) is 0 Å². The Labute approximate surface area is 155 Å². The first-order valence-corrected chi connectivity index (χ1v) is 8.32.